The van der Waals surface area contributed by atoms with Crippen molar-refractivity contribution in [2.75, 3.05) is 19.8 Å². The SMILES string of the molecule is CCC[C@H](NC(=O)[C@@H]1C[C@]2(CC(c3cccc(C)c3)=NO2)CN1C(=O)[C@@H](NC(=O)O[C@H]1CCOC1)C(C)(C)C)C(=O)C(=O)NC1CC1. The first-order valence-corrected chi connectivity index (χ1v) is 16.6. The van der Waals surface area contributed by atoms with Gasteiger partial charge in [-0.1, -0.05) is 69.1 Å². The summed E-state index contributed by atoms with van der Waals surface area (Å²) >= 11 is 0. The highest BCUT2D eigenvalue weighted by molar-refractivity contribution is 6.38. The van der Waals surface area contributed by atoms with Gasteiger partial charge in [-0.05, 0) is 37.2 Å². The predicted octanol–water partition coefficient (Wildman–Crippen LogP) is 2.52. The molecule has 0 aromatic heterocycles. The van der Waals surface area contributed by atoms with E-state index >= 15 is 0 Å². The maximum absolute atomic E-state index is 14.4. The van der Waals surface area contributed by atoms with Gasteiger partial charge in [-0.3, -0.25) is 19.2 Å². The lowest BCUT2D eigenvalue weighted by molar-refractivity contribution is -0.144. The first-order valence-electron chi connectivity index (χ1n) is 16.6. The van der Waals surface area contributed by atoms with Crippen LogP contribution >= 0.6 is 0 Å². The molecule has 4 aliphatic rings. The molecule has 1 aromatic rings. The summed E-state index contributed by atoms with van der Waals surface area (Å²) in [4.78, 5) is 74.7. The quantitative estimate of drug-likeness (QED) is 0.307. The second-order valence-corrected chi connectivity index (χ2v) is 14.3. The minimum Gasteiger partial charge on any atom is -0.444 e. The normalized spacial score (nSPS) is 25.0. The molecule has 5 rings (SSSR count). The van der Waals surface area contributed by atoms with Crippen LogP contribution in [0.4, 0.5) is 4.79 Å². The Kier molecular flexibility index (Phi) is 10.2. The molecular weight excluding hydrogens is 606 g/mol. The van der Waals surface area contributed by atoms with Gasteiger partial charge in [0, 0.05) is 25.3 Å². The molecule has 1 aromatic carbocycles. The minimum absolute atomic E-state index is 0.0101. The Morgan fingerprint density at radius 3 is 2.53 bits per heavy atom. The molecule has 13 nitrogen and oxygen atoms in total. The van der Waals surface area contributed by atoms with E-state index in [2.05, 4.69) is 21.1 Å². The van der Waals surface area contributed by atoms with E-state index in [0.29, 0.717) is 31.6 Å². The zero-order valence-electron chi connectivity index (χ0n) is 27.9. The molecule has 3 aliphatic heterocycles. The third-order valence-electron chi connectivity index (χ3n) is 9.06. The van der Waals surface area contributed by atoms with Gasteiger partial charge < -0.3 is 35.2 Å². The Morgan fingerprint density at radius 1 is 1.13 bits per heavy atom. The molecule has 1 aliphatic carbocycles. The molecule has 3 heterocycles. The number of likely N-dealkylation sites (tertiary alicyclic amines) is 1. The van der Waals surface area contributed by atoms with Crippen LogP contribution in [-0.4, -0.2) is 95.8 Å². The number of alkyl carbamates (subject to hydrolysis) is 1. The van der Waals surface area contributed by atoms with Gasteiger partial charge in [-0.15, -0.1) is 0 Å². The largest absolute Gasteiger partial charge is 0.444 e. The van der Waals surface area contributed by atoms with E-state index in [9.17, 15) is 24.0 Å². The van der Waals surface area contributed by atoms with Gasteiger partial charge in [0.25, 0.3) is 5.91 Å². The molecule has 2 saturated heterocycles. The van der Waals surface area contributed by atoms with Crippen LogP contribution in [0.25, 0.3) is 0 Å². The van der Waals surface area contributed by atoms with Gasteiger partial charge in [-0.25, -0.2) is 4.79 Å². The highest BCUT2D eigenvalue weighted by Crippen LogP contribution is 2.40. The standard InChI is InChI=1S/C34H47N5O8/c1-6-8-24(27(40)30(42)35-22-11-12-22)36-29(41)26-17-34(16-25(38-47-34)21-10-7-9-20(2)15-21)19-39(26)31(43)28(33(3,4)5)37-32(44)46-23-13-14-45-18-23/h7,9-10,15,22-24,26,28H,6,8,11-14,16-19H2,1-5H3,(H,35,42)(H,36,41)(H,37,44)/t23-,24-,26-,28+,34+/m0/s1. The number of Topliss-reactive ketones (excluding diaryl/α,β-unsaturated/α-hetero) is 1. The van der Waals surface area contributed by atoms with Crippen molar-refractivity contribution in [2.45, 2.75) is 115 Å². The Hall–Kier alpha value is -4.00. The summed E-state index contributed by atoms with van der Waals surface area (Å²) in [5.41, 5.74) is 0.871. The van der Waals surface area contributed by atoms with Crippen molar-refractivity contribution < 1.29 is 38.3 Å². The molecule has 4 amide bonds. The Labute approximate surface area is 275 Å². The van der Waals surface area contributed by atoms with E-state index < -0.39 is 64.8 Å². The first-order chi connectivity index (χ1) is 22.3. The number of hydrogen-bond donors (Lipinski definition) is 3. The fourth-order valence-corrected chi connectivity index (χ4v) is 6.30. The molecule has 0 radical (unpaired) electrons. The lowest BCUT2D eigenvalue weighted by atomic mass is 9.85. The number of nitrogens with one attached hydrogen (secondary N) is 3. The van der Waals surface area contributed by atoms with E-state index in [4.69, 9.17) is 14.3 Å². The summed E-state index contributed by atoms with van der Waals surface area (Å²) in [6, 6.07) is 4.67. The summed E-state index contributed by atoms with van der Waals surface area (Å²) in [7, 11) is 0. The van der Waals surface area contributed by atoms with E-state index in [1.54, 1.807) is 0 Å². The van der Waals surface area contributed by atoms with Crippen LogP contribution in [0, 0.1) is 12.3 Å². The molecule has 3 fully saturated rings. The monoisotopic (exact) mass is 653 g/mol. The lowest BCUT2D eigenvalue weighted by Gasteiger charge is -2.35. The number of aryl methyl sites for hydroxylation is 1. The number of rotatable bonds is 11. The number of nitrogens with zero attached hydrogens (tertiary/aromatic N) is 2. The summed E-state index contributed by atoms with van der Waals surface area (Å²) in [6.07, 6.45) is 2.31. The molecule has 0 unspecified atom stereocenters. The van der Waals surface area contributed by atoms with Crippen molar-refractivity contribution in [3.8, 4) is 0 Å². The molecule has 1 spiro atoms. The number of oxime groups is 1. The van der Waals surface area contributed by atoms with Crippen LogP contribution in [-0.2, 0) is 33.5 Å². The third-order valence-corrected chi connectivity index (χ3v) is 9.06. The Bertz CT molecular complexity index is 1410. The average molecular weight is 654 g/mol. The van der Waals surface area contributed by atoms with E-state index in [-0.39, 0.29) is 32.0 Å². The molecule has 1 saturated carbocycles. The average Bonchev–Trinajstić information content (AvgIpc) is 3.37. The number of ketones is 1. The maximum Gasteiger partial charge on any atom is 0.408 e. The smallest absolute Gasteiger partial charge is 0.408 e. The second-order valence-electron chi connectivity index (χ2n) is 14.3. The van der Waals surface area contributed by atoms with Crippen molar-refractivity contribution in [2.24, 2.45) is 10.6 Å². The number of ether oxygens (including phenoxy) is 2. The number of carbonyl (C=O) groups is 5. The lowest BCUT2D eigenvalue weighted by Crippen LogP contribution is -2.59. The van der Waals surface area contributed by atoms with Crippen molar-refractivity contribution in [3.05, 3.63) is 35.4 Å². The number of benzene rings is 1. The molecule has 256 valence electrons. The number of carbonyl (C=O) groups excluding carboxylic acids is 5. The molecule has 5 atom stereocenters. The van der Waals surface area contributed by atoms with Crippen molar-refractivity contribution in [1.29, 1.82) is 0 Å². The van der Waals surface area contributed by atoms with Crippen molar-refractivity contribution in [3.63, 3.8) is 0 Å². The Morgan fingerprint density at radius 2 is 1.89 bits per heavy atom. The molecule has 47 heavy (non-hydrogen) atoms. The van der Waals surface area contributed by atoms with Gasteiger partial charge in [0.1, 0.15) is 18.2 Å². The fraction of sp³-hybridized carbons (Fsp3) is 0.647. The Balaban J connectivity index is 1.38. The minimum atomic E-state index is -1.06. The van der Waals surface area contributed by atoms with Crippen LogP contribution < -0.4 is 16.0 Å². The fourth-order valence-electron chi connectivity index (χ4n) is 6.30. The molecular formula is C34H47N5O8. The van der Waals surface area contributed by atoms with Crippen molar-refractivity contribution in [1.82, 2.24) is 20.9 Å². The predicted molar refractivity (Wildman–Crippen MR) is 171 cm³/mol. The topological polar surface area (TPSA) is 165 Å². The highest BCUT2D eigenvalue weighted by Gasteiger charge is 2.55. The van der Waals surface area contributed by atoms with Gasteiger partial charge >= 0.3 is 6.09 Å². The maximum atomic E-state index is 14.4. The number of hydrogen-bond acceptors (Lipinski definition) is 9. The van der Waals surface area contributed by atoms with Crippen LogP contribution in [0.1, 0.15) is 83.8 Å². The van der Waals surface area contributed by atoms with Gasteiger partial charge in [-0.2, -0.15) is 0 Å². The van der Waals surface area contributed by atoms with Crippen LogP contribution in [0.15, 0.2) is 29.4 Å². The van der Waals surface area contributed by atoms with Gasteiger partial charge in [0.2, 0.25) is 17.6 Å². The summed E-state index contributed by atoms with van der Waals surface area (Å²) in [6.45, 7) is 10.1. The number of amides is 4. The third kappa shape index (κ3) is 8.30. The molecule has 13 heteroatoms. The zero-order valence-corrected chi connectivity index (χ0v) is 27.9. The van der Waals surface area contributed by atoms with E-state index in [1.165, 1.54) is 4.90 Å². The highest BCUT2D eigenvalue weighted by atomic mass is 16.7. The first kappa shape index (κ1) is 34.3. The summed E-state index contributed by atoms with van der Waals surface area (Å²) in [5, 5.41) is 12.6. The van der Waals surface area contributed by atoms with Crippen LogP contribution in [0.3, 0.4) is 0 Å². The van der Waals surface area contributed by atoms with Crippen molar-refractivity contribution >= 4 is 35.3 Å². The van der Waals surface area contributed by atoms with E-state index in [0.717, 1.165) is 24.0 Å². The zero-order chi connectivity index (χ0) is 33.9. The molecule has 3 N–H and O–H groups in total. The summed E-state index contributed by atoms with van der Waals surface area (Å²) < 4.78 is 10.8. The van der Waals surface area contributed by atoms with Gasteiger partial charge in [0.15, 0.2) is 5.60 Å². The second kappa shape index (κ2) is 14.0. The summed E-state index contributed by atoms with van der Waals surface area (Å²) in [5.74, 6) is -2.51. The van der Waals surface area contributed by atoms with Crippen LogP contribution in [0.5, 0.6) is 0 Å². The van der Waals surface area contributed by atoms with E-state index in [1.807, 2.05) is 58.9 Å². The van der Waals surface area contributed by atoms with Gasteiger partial charge in [0.05, 0.1) is 31.5 Å². The molecule has 0 bridgehead atoms. The van der Waals surface area contributed by atoms with Crippen LogP contribution in [0.2, 0.25) is 0 Å².